The van der Waals surface area contributed by atoms with Crippen molar-refractivity contribution in [2.45, 2.75) is 0 Å². The van der Waals surface area contributed by atoms with Gasteiger partial charge in [-0.15, -0.1) is 10.2 Å². The molecule has 0 spiro atoms. The second-order valence-electron chi connectivity index (χ2n) is 6.69. The summed E-state index contributed by atoms with van der Waals surface area (Å²) in [6.45, 7) is 2.45. The van der Waals surface area contributed by atoms with Gasteiger partial charge in [-0.3, -0.25) is 4.79 Å². The van der Waals surface area contributed by atoms with E-state index in [-0.39, 0.29) is 11.7 Å². The normalized spacial score (nSPS) is 14.2. The molecule has 8 heteroatoms. The number of rotatable bonds is 3. The summed E-state index contributed by atoms with van der Waals surface area (Å²) in [4.78, 5) is 16.7. The van der Waals surface area contributed by atoms with Crippen molar-refractivity contribution in [1.82, 2.24) is 15.1 Å². The van der Waals surface area contributed by atoms with Crippen molar-refractivity contribution in [1.29, 1.82) is 0 Å². The van der Waals surface area contributed by atoms with Crippen LogP contribution in [0, 0.1) is 5.82 Å². The van der Waals surface area contributed by atoms with Crippen LogP contribution in [0.15, 0.2) is 59.1 Å². The molecule has 4 rings (SSSR count). The largest absolute Gasteiger partial charge is 0.352 e. The lowest BCUT2D eigenvalue weighted by Gasteiger charge is -2.35. The van der Waals surface area contributed by atoms with Crippen molar-refractivity contribution in [3.63, 3.8) is 0 Å². The van der Waals surface area contributed by atoms with Crippen LogP contribution in [0.2, 0.25) is 5.02 Å². The third kappa shape index (κ3) is 4.41. The monoisotopic (exact) mass is 474 g/mol. The number of nitrogens with zero attached hydrogens (tertiary/aromatic N) is 4. The van der Waals surface area contributed by atoms with Crippen molar-refractivity contribution in [2.75, 3.05) is 31.1 Å². The fourth-order valence-corrected chi connectivity index (χ4v) is 3.80. The van der Waals surface area contributed by atoms with Crippen LogP contribution >= 0.6 is 27.5 Å². The molecule has 148 valence electrons. The highest BCUT2D eigenvalue weighted by Crippen LogP contribution is 2.24. The van der Waals surface area contributed by atoms with Crippen molar-refractivity contribution in [3.05, 3.63) is 75.5 Å². The second kappa shape index (κ2) is 8.47. The number of amides is 1. The van der Waals surface area contributed by atoms with Gasteiger partial charge < -0.3 is 9.80 Å². The summed E-state index contributed by atoms with van der Waals surface area (Å²) in [5, 5.41) is 9.01. The molecule has 0 atom stereocenters. The zero-order valence-corrected chi connectivity index (χ0v) is 17.7. The van der Waals surface area contributed by atoms with Crippen molar-refractivity contribution in [3.8, 4) is 11.3 Å². The average molecular weight is 476 g/mol. The molecule has 1 fully saturated rings. The van der Waals surface area contributed by atoms with E-state index < -0.39 is 0 Å². The number of hydrogen-bond acceptors (Lipinski definition) is 4. The Balaban J connectivity index is 1.41. The van der Waals surface area contributed by atoms with Crippen LogP contribution < -0.4 is 4.90 Å². The molecule has 5 nitrogen and oxygen atoms in total. The summed E-state index contributed by atoms with van der Waals surface area (Å²) < 4.78 is 13.9. The molecule has 29 heavy (non-hydrogen) atoms. The Kier molecular flexibility index (Phi) is 5.78. The van der Waals surface area contributed by atoms with Gasteiger partial charge in [-0.1, -0.05) is 27.5 Å². The van der Waals surface area contributed by atoms with E-state index in [4.69, 9.17) is 11.6 Å². The van der Waals surface area contributed by atoms with Crippen molar-refractivity contribution >= 4 is 39.3 Å². The fourth-order valence-electron chi connectivity index (χ4n) is 3.24. The molecule has 2 aromatic carbocycles. The first-order valence-corrected chi connectivity index (χ1v) is 10.3. The minimum absolute atomic E-state index is 0.0753. The van der Waals surface area contributed by atoms with E-state index in [0.29, 0.717) is 42.5 Å². The smallest absolute Gasteiger partial charge is 0.255 e. The van der Waals surface area contributed by atoms with Crippen molar-refractivity contribution < 1.29 is 9.18 Å². The lowest BCUT2D eigenvalue weighted by Crippen LogP contribution is -2.49. The van der Waals surface area contributed by atoms with Crippen LogP contribution in [0.5, 0.6) is 0 Å². The molecular weight excluding hydrogens is 459 g/mol. The first kappa shape index (κ1) is 19.8. The number of piperazine rings is 1. The molecule has 0 bridgehead atoms. The third-order valence-electron chi connectivity index (χ3n) is 4.84. The van der Waals surface area contributed by atoms with E-state index in [1.807, 2.05) is 18.2 Å². The molecular formula is C21H17BrClFN4O. The van der Waals surface area contributed by atoms with Gasteiger partial charge >= 0.3 is 0 Å². The molecule has 0 unspecified atom stereocenters. The van der Waals surface area contributed by atoms with Gasteiger partial charge in [0, 0.05) is 36.2 Å². The standard InChI is InChI=1S/C21H17BrClFN4O/c22-15-3-6-18(23)17(13-15)21(29)28-11-9-27(10-12-28)20-8-7-19(25-26-20)14-1-4-16(24)5-2-14/h1-8,13H,9-12H2. The Morgan fingerprint density at radius 3 is 2.34 bits per heavy atom. The third-order valence-corrected chi connectivity index (χ3v) is 5.66. The van der Waals surface area contributed by atoms with Crippen LogP contribution in [0.25, 0.3) is 11.3 Å². The number of hydrogen-bond donors (Lipinski definition) is 0. The predicted molar refractivity (Wildman–Crippen MR) is 115 cm³/mol. The summed E-state index contributed by atoms with van der Waals surface area (Å²) in [5.74, 6) is 0.395. The van der Waals surface area contributed by atoms with Crippen molar-refractivity contribution in [2.24, 2.45) is 0 Å². The number of carbonyl (C=O) groups is 1. The van der Waals surface area contributed by atoms with E-state index in [9.17, 15) is 9.18 Å². The number of halogens is 3. The number of aromatic nitrogens is 2. The van der Waals surface area contributed by atoms with E-state index in [0.717, 1.165) is 15.9 Å². The van der Waals surface area contributed by atoms with Gasteiger partial charge in [0.2, 0.25) is 0 Å². The summed E-state index contributed by atoms with van der Waals surface area (Å²) in [7, 11) is 0. The molecule has 0 radical (unpaired) electrons. The maximum absolute atomic E-state index is 13.1. The maximum atomic E-state index is 13.1. The lowest BCUT2D eigenvalue weighted by molar-refractivity contribution is 0.0746. The van der Waals surface area contributed by atoms with E-state index in [1.165, 1.54) is 12.1 Å². The van der Waals surface area contributed by atoms with Gasteiger partial charge in [-0.2, -0.15) is 0 Å². The van der Waals surface area contributed by atoms with Gasteiger partial charge in [-0.05, 0) is 54.6 Å². The first-order valence-electron chi connectivity index (χ1n) is 9.10. The highest BCUT2D eigenvalue weighted by Gasteiger charge is 2.24. The molecule has 2 heterocycles. The molecule has 0 saturated carbocycles. The topological polar surface area (TPSA) is 49.3 Å². The molecule has 1 aliphatic heterocycles. The summed E-state index contributed by atoms with van der Waals surface area (Å²) in [5.41, 5.74) is 2.00. The van der Waals surface area contributed by atoms with Crippen LogP contribution in [0.1, 0.15) is 10.4 Å². The van der Waals surface area contributed by atoms with E-state index >= 15 is 0 Å². The molecule has 1 saturated heterocycles. The van der Waals surface area contributed by atoms with Crippen LogP contribution in [0.3, 0.4) is 0 Å². The Morgan fingerprint density at radius 1 is 0.966 bits per heavy atom. The average Bonchev–Trinajstić information content (AvgIpc) is 2.76. The SMILES string of the molecule is O=C(c1cc(Br)ccc1Cl)N1CCN(c2ccc(-c3ccc(F)cc3)nn2)CC1. The maximum Gasteiger partial charge on any atom is 0.255 e. The van der Waals surface area contributed by atoms with E-state index in [2.05, 4.69) is 31.0 Å². The second-order valence-corrected chi connectivity index (χ2v) is 8.01. The first-order chi connectivity index (χ1) is 14.0. The zero-order valence-electron chi connectivity index (χ0n) is 15.4. The van der Waals surface area contributed by atoms with Crippen LogP contribution in [-0.4, -0.2) is 47.2 Å². The van der Waals surface area contributed by atoms with Gasteiger partial charge in [0.25, 0.3) is 5.91 Å². The minimum atomic E-state index is -0.283. The molecule has 0 aliphatic carbocycles. The molecule has 3 aromatic rings. The van der Waals surface area contributed by atoms with E-state index in [1.54, 1.807) is 29.2 Å². The molecule has 1 aliphatic rings. The minimum Gasteiger partial charge on any atom is -0.352 e. The van der Waals surface area contributed by atoms with Gasteiger partial charge in [0.1, 0.15) is 5.82 Å². The highest BCUT2D eigenvalue weighted by molar-refractivity contribution is 9.10. The highest BCUT2D eigenvalue weighted by atomic mass is 79.9. The number of anilines is 1. The Labute approximate surface area is 181 Å². The van der Waals surface area contributed by atoms with Gasteiger partial charge in [-0.25, -0.2) is 4.39 Å². The Morgan fingerprint density at radius 2 is 1.69 bits per heavy atom. The number of carbonyl (C=O) groups excluding carboxylic acids is 1. The Bertz CT molecular complexity index is 1020. The summed E-state index contributed by atoms with van der Waals surface area (Å²) >= 11 is 9.57. The van der Waals surface area contributed by atoms with Crippen LogP contribution in [-0.2, 0) is 0 Å². The summed E-state index contributed by atoms with van der Waals surface area (Å²) in [6.07, 6.45) is 0. The molecule has 1 amide bonds. The molecule has 1 aromatic heterocycles. The van der Waals surface area contributed by atoms with Gasteiger partial charge in [0.15, 0.2) is 5.82 Å². The molecule has 0 N–H and O–H groups in total. The quantitative estimate of drug-likeness (QED) is 0.553. The fraction of sp³-hybridized carbons (Fsp3) is 0.190. The predicted octanol–water partition coefficient (Wildman–Crippen LogP) is 4.66. The van der Waals surface area contributed by atoms with Gasteiger partial charge in [0.05, 0.1) is 16.3 Å². The zero-order chi connectivity index (χ0) is 20.4. The lowest BCUT2D eigenvalue weighted by atomic mass is 10.1. The number of benzene rings is 2. The Hall–Kier alpha value is -2.51. The van der Waals surface area contributed by atoms with Crippen LogP contribution in [0.4, 0.5) is 10.2 Å². The summed E-state index contributed by atoms with van der Waals surface area (Å²) in [6, 6.07) is 15.2.